The highest BCUT2D eigenvalue weighted by Gasteiger charge is 1.93. The van der Waals surface area contributed by atoms with E-state index in [1.165, 1.54) is 0 Å². The van der Waals surface area contributed by atoms with Crippen molar-refractivity contribution in [3.05, 3.63) is 0 Å². The fraction of sp³-hybridized carbons (Fsp3) is 1.00. The maximum Gasteiger partial charge on any atom is 0.261 e. The van der Waals surface area contributed by atoms with Crippen molar-refractivity contribution in [2.45, 2.75) is 0 Å². The van der Waals surface area contributed by atoms with Gasteiger partial charge >= 0.3 is 0 Å². The molecule has 0 fully saturated rings. The molecule has 0 aromatic rings. The van der Waals surface area contributed by atoms with E-state index in [0.717, 1.165) is 0 Å². The van der Waals surface area contributed by atoms with Crippen molar-refractivity contribution in [3.8, 4) is 0 Å². The minimum Gasteiger partial charge on any atom is -0.382 e. The quantitative estimate of drug-likeness (QED) is 0.183. The Labute approximate surface area is 168 Å². The smallest absolute Gasteiger partial charge is 0.261 e. The summed E-state index contributed by atoms with van der Waals surface area (Å²) < 4.78 is 62.5. The number of hydrogen-bond acceptors (Lipinski definition) is 10. The Hall–Kier alpha value is -0.410. The summed E-state index contributed by atoms with van der Waals surface area (Å²) in [6.45, 7) is 7.89. The molecular formula is C16H37NO10S. The topological polar surface area (TPSA) is 145 Å². The summed E-state index contributed by atoms with van der Waals surface area (Å²) in [6.07, 6.45) is 0.715. The van der Waals surface area contributed by atoms with Crippen LogP contribution in [0.2, 0.25) is 0 Å². The molecule has 28 heavy (non-hydrogen) atoms. The molecule has 0 saturated carbocycles. The molecule has 0 aromatic heterocycles. The van der Waals surface area contributed by atoms with Gasteiger partial charge in [-0.25, -0.2) is 0 Å². The minimum absolute atomic E-state index is 0.538. The van der Waals surface area contributed by atoms with Gasteiger partial charge in [0.1, 0.15) is 0 Å². The largest absolute Gasteiger partial charge is 0.382 e. The molecule has 0 heterocycles. The maximum atomic E-state index is 9.19. The second-order valence-electron chi connectivity index (χ2n) is 5.19. The Bertz CT molecular complexity index is 356. The van der Waals surface area contributed by atoms with E-state index in [2.05, 4.69) is 0 Å². The Kier molecular flexibility index (Phi) is 26.2. The van der Waals surface area contributed by atoms with Gasteiger partial charge in [0.05, 0.1) is 92.1 Å². The van der Waals surface area contributed by atoms with Crippen molar-refractivity contribution in [2.75, 3.05) is 106 Å². The summed E-state index contributed by atoms with van der Waals surface area (Å²) in [4.78, 5) is 0. The lowest BCUT2D eigenvalue weighted by molar-refractivity contribution is -0.0188. The number of rotatable bonds is 20. The van der Waals surface area contributed by atoms with Gasteiger partial charge in [-0.1, -0.05) is 0 Å². The standard InChI is InChI=1S/C15H33NO7.CH4O3S/c1-17-4-5-19-8-9-21-12-13-23-15-14-22-11-10-20-7-6-18-3-2-16;1-5(2,3)4/h2-16H2,1H3;1H3,(H,2,3,4). The van der Waals surface area contributed by atoms with Gasteiger partial charge in [0, 0.05) is 13.7 Å². The van der Waals surface area contributed by atoms with Crippen molar-refractivity contribution in [2.24, 2.45) is 5.73 Å². The molecule has 0 aliphatic carbocycles. The van der Waals surface area contributed by atoms with E-state index in [0.29, 0.717) is 98.7 Å². The third-order valence-corrected chi connectivity index (χ3v) is 2.55. The number of methoxy groups -OCH3 is 1. The first-order valence-corrected chi connectivity index (χ1v) is 10.8. The van der Waals surface area contributed by atoms with E-state index in [-0.39, 0.29) is 0 Å². The number of hydrogen-bond donors (Lipinski definition) is 2. The van der Waals surface area contributed by atoms with E-state index < -0.39 is 10.1 Å². The van der Waals surface area contributed by atoms with Gasteiger partial charge in [-0.3, -0.25) is 4.55 Å². The van der Waals surface area contributed by atoms with Crippen molar-refractivity contribution >= 4 is 10.1 Å². The predicted molar refractivity (Wildman–Crippen MR) is 103 cm³/mol. The van der Waals surface area contributed by atoms with Crippen LogP contribution < -0.4 is 5.73 Å². The summed E-state index contributed by atoms with van der Waals surface area (Å²) in [5.41, 5.74) is 5.29. The molecule has 0 saturated heterocycles. The molecule has 0 bridgehead atoms. The van der Waals surface area contributed by atoms with Crippen LogP contribution in [0, 0.1) is 0 Å². The van der Waals surface area contributed by atoms with E-state index in [4.69, 9.17) is 43.4 Å². The molecule has 3 N–H and O–H groups in total. The van der Waals surface area contributed by atoms with Gasteiger partial charge in [-0.2, -0.15) is 8.42 Å². The van der Waals surface area contributed by atoms with Gasteiger partial charge in [0.2, 0.25) is 0 Å². The first kappa shape index (κ1) is 29.8. The third kappa shape index (κ3) is 40.3. The zero-order chi connectivity index (χ0) is 21.3. The van der Waals surface area contributed by atoms with Gasteiger partial charge in [0.25, 0.3) is 10.1 Å². The zero-order valence-corrected chi connectivity index (χ0v) is 17.8. The second kappa shape index (κ2) is 24.6. The molecule has 0 radical (unpaired) electrons. The zero-order valence-electron chi connectivity index (χ0n) is 17.0. The van der Waals surface area contributed by atoms with Gasteiger partial charge < -0.3 is 38.9 Å². The normalized spacial score (nSPS) is 11.3. The van der Waals surface area contributed by atoms with E-state index in [1.54, 1.807) is 7.11 Å². The number of nitrogens with two attached hydrogens (primary N) is 1. The molecule has 0 aromatic carbocycles. The molecule has 0 aliphatic heterocycles. The van der Waals surface area contributed by atoms with Crippen LogP contribution in [0.25, 0.3) is 0 Å². The third-order valence-electron chi connectivity index (χ3n) is 2.55. The first-order chi connectivity index (χ1) is 13.4. The van der Waals surface area contributed by atoms with Crippen LogP contribution in [0.5, 0.6) is 0 Å². The SMILES string of the molecule is COCCOCCOCCOCCOCCOCCOCCN.CS(=O)(=O)O. The Morgan fingerprint density at radius 3 is 1.04 bits per heavy atom. The van der Waals surface area contributed by atoms with Crippen LogP contribution in [0.4, 0.5) is 0 Å². The summed E-state index contributed by atoms with van der Waals surface area (Å²) in [5, 5.41) is 0. The van der Waals surface area contributed by atoms with Crippen molar-refractivity contribution in [1.29, 1.82) is 0 Å². The molecule has 0 aliphatic rings. The van der Waals surface area contributed by atoms with Crippen LogP contribution in [0.3, 0.4) is 0 Å². The first-order valence-electron chi connectivity index (χ1n) is 8.99. The fourth-order valence-corrected chi connectivity index (χ4v) is 1.43. The summed E-state index contributed by atoms with van der Waals surface area (Å²) >= 11 is 0. The van der Waals surface area contributed by atoms with Crippen molar-refractivity contribution in [1.82, 2.24) is 0 Å². The van der Waals surface area contributed by atoms with E-state index in [9.17, 15) is 8.42 Å². The second-order valence-corrected chi connectivity index (χ2v) is 6.65. The van der Waals surface area contributed by atoms with Gasteiger partial charge in [0.15, 0.2) is 0 Å². The van der Waals surface area contributed by atoms with Gasteiger partial charge in [-0.15, -0.1) is 0 Å². The molecule has 0 unspecified atom stereocenters. The molecule has 0 spiro atoms. The van der Waals surface area contributed by atoms with Crippen LogP contribution >= 0.6 is 0 Å². The Morgan fingerprint density at radius 2 is 0.821 bits per heavy atom. The van der Waals surface area contributed by atoms with Crippen molar-refractivity contribution < 1.29 is 46.1 Å². The summed E-state index contributed by atoms with van der Waals surface area (Å²) in [7, 11) is -2.02. The Morgan fingerprint density at radius 1 is 0.607 bits per heavy atom. The molecule has 11 nitrogen and oxygen atoms in total. The maximum absolute atomic E-state index is 9.19. The molecule has 0 rings (SSSR count). The minimum atomic E-state index is -3.67. The molecule has 0 atom stereocenters. The van der Waals surface area contributed by atoms with Gasteiger partial charge in [-0.05, 0) is 0 Å². The number of ether oxygens (including phenoxy) is 7. The molecule has 172 valence electrons. The highest BCUT2D eigenvalue weighted by molar-refractivity contribution is 7.85. The van der Waals surface area contributed by atoms with E-state index >= 15 is 0 Å². The fourth-order valence-electron chi connectivity index (χ4n) is 1.43. The van der Waals surface area contributed by atoms with Crippen LogP contribution in [-0.4, -0.2) is 119 Å². The average Bonchev–Trinajstić information content (AvgIpc) is 2.62. The Balaban J connectivity index is 0. The lowest BCUT2D eigenvalue weighted by Crippen LogP contribution is -2.15. The lowest BCUT2D eigenvalue weighted by atomic mass is 10.6. The van der Waals surface area contributed by atoms with Crippen LogP contribution in [0.15, 0.2) is 0 Å². The van der Waals surface area contributed by atoms with E-state index in [1.807, 2.05) is 0 Å². The summed E-state index contributed by atoms with van der Waals surface area (Å²) in [6, 6.07) is 0. The molecule has 0 amide bonds. The molecular weight excluding hydrogens is 398 g/mol. The monoisotopic (exact) mass is 435 g/mol. The lowest BCUT2D eigenvalue weighted by Gasteiger charge is -2.08. The molecule has 12 heteroatoms. The predicted octanol–water partition coefficient (Wildman–Crippen LogP) is -0.805. The highest BCUT2D eigenvalue weighted by atomic mass is 32.2. The summed E-state index contributed by atoms with van der Waals surface area (Å²) in [5.74, 6) is 0. The van der Waals surface area contributed by atoms with Crippen LogP contribution in [-0.2, 0) is 43.3 Å². The highest BCUT2D eigenvalue weighted by Crippen LogP contribution is 1.84. The average molecular weight is 436 g/mol. The van der Waals surface area contributed by atoms with Crippen molar-refractivity contribution in [3.63, 3.8) is 0 Å². The van der Waals surface area contributed by atoms with Crippen LogP contribution in [0.1, 0.15) is 0 Å².